The van der Waals surface area contributed by atoms with Crippen LogP contribution in [0.4, 0.5) is 0 Å². The summed E-state index contributed by atoms with van der Waals surface area (Å²) in [6.07, 6.45) is 1.65. The lowest BCUT2D eigenvalue weighted by atomic mass is 9.81. The number of carbonyl (C=O) groups is 2. The second-order valence-electron chi connectivity index (χ2n) is 6.27. The summed E-state index contributed by atoms with van der Waals surface area (Å²) in [7, 11) is 1.56. The molecule has 5 atom stereocenters. The van der Waals surface area contributed by atoms with Crippen molar-refractivity contribution in [3.05, 3.63) is 35.9 Å². The Labute approximate surface area is 117 Å². The molecule has 0 aromatic heterocycles. The number of hydrogen-bond acceptors (Lipinski definition) is 3. The lowest BCUT2D eigenvalue weighted by molar-refractivity contribution is -0.142. The average Bonchev–Trinajstić information content (AvgIpc) is 3.03. The molecule has 104 valence electrons. The van der Waals surface area contributed by atoms with Crippen LogP contribution in [-0.4, -0.2) is 28.9 Å². The molecular weight excluding hydrogens is 254 g/mol. The van der Waals surface area contributed by atoms with Gasteiger partial charge in [0.25, 0.3) is 0 Å². The molecule has 1 unspecified atom stereocenters. The smallest absolute Gasteiger partial charge is 0.233 e. The maximum Gasteiger partial charge on any atom is 0.233 e. The standard InChI is InChI=1S/C16H17NO3/c1-17-14(18)12-10-7-8-11(13(12)15(17)19)16(10,20)9-5-3-2-4-6-9/h2-6,10-13,20H,7-8H2,1H3/t10-,11+,12-,13+,16?. The van der Waals surface area contributed by atoms with Gasteiger partial charge in [-0.05, 0) is 18.4 Å². The van der Waals surface area contributed by atoms with Crippen molar-refractivity contribution in [3.8, 4) is 0 Å². The third-order valence-corrected chi connectivity index (χ3v) is 5.64. The summed E-state index contributed by atoms with van der Waals surface area (Å²) in [4.78, 5) is 25.9. The number of likely N-dealkylation sites (tertiary alicyclic amines) is 1. The fraction of sp³-hybridized carbons (Fsp3) is 0.500. The van der Waals surface area contributed by atoms with E-state index in [9.17, 15) is 14.7 Å². The molecule has 0 radical (unpaired) electrons. The van der Waals surface area contributed by atoms with Gasteiger partial charge in [0.15, 0.2) is 0 Å². The average molecular weight is 271 g/mol. The summed E-state index contributed by atoms with van der Waals surface area (Å²) in [5.41, 5.74) is -0.159. The predicted molar refractivity (Wildman–Crippen MR) is 71.3 cm³/mol. The number of benzene rings is 1. The van der Waals surface area contributed by atoms with Crippen LogP contribution in [0, 0.1) is 23.7 Å². The summed E-state index contributed by atoms with van der Waals surface area (Å²) in [5.74, 6) is -1.11. The third kappa shape index (κ3) is 1.17. The van der Waals surface area contributed by atoms with E-state index in [4.69, 9.17) is 0 Å². The van der Waals surface area contributed by atoms with Crippen molar-refractivity contribution in [1.82, 2.24) is 4.90 Å². The molecule has 2 aliphatic carbocycles. The van der Waals surface area contributed by atoms with Crippen LogP contribution in [0.2, 0.25) is 0 Å². The van der Waals surface area contributed by atoms with Crippen LogP contribution in [-0.2, 0) is 15.2 Å². The second-order valence-corrected chi connectivity index (χ2v) is 6.27. The van der Waals surface area contributed by atoms with E-state index in [2.05, 4.69) is 0 Å². The SMILES string of the molecule is CN1C(=O)[C@@H]2[C@H](C1=O)[C@H]1CC[C@@H]2C1(O)c1ccccc1. The quantitative estimate of drug-likeness (QED) is 0.779. The number of amides is 2. The molecule has 2 amide bonds. The zero-order chi connectivity index (χ0) is 14.1. The maximum absolute atomic E-state index is 12.3. The van der Waals surface area contributed by atoms with E-state index in [0.717, 1.165) is 18.4 Å². The van der Waals surface area contributed by atoms with E-state index in [0.29, 0.717) is 0 Å². The molecule has 1 N–H and O–H groups in total. The van der Waals surface area contributed by atoms with Crippen molar-refractivity contribution in [2.24, 2.45) is 23.7 Å². The van der Waals surface area contributed by atoms with E-state index in [1.165, 1.54) is 4.90 Å². The minimum Gasteiger partial charge on any atom is -0.385 e. The normalized spacial score (nSPS) is 42.4. The van der Waals surface area contributed by atoms with Crippen molar-refractivity contribution in [3.63, 3.8) is 0 Å². The molecule has 3 fully saturated rings. The predicted octanol–water partition coefficient (Wildman–Crippen LogP) is 1.14. The molecule has 4 heteroatoms. The van der Waals surface area contributed by atoms with Crippen molar-refractivity contribution < 1.29 is 14.7 Å². The number of hydrogen-bond donors (Lipinski definition) is 1. The largest absolute Gasteiger partial charge is 0.385 e. The number of carbonyl (C=O) groups excluding carboxylic acids is 2. The maximum atomic E-state index is 12.3. The van der Waals surface area contributed by atoms with Gasteiger partial charge in [-0.1, -0.05) is 30.3 Å². The van der Waals surface area contributed by atoms with Crippen molar-refractivity contribution in [1.29, 1.82) is 0 Å². The highest BCUT2D eigenvalue weighted by molar-refractivity contribution is 6.06. The zero-order valence-electron chi connectivity index (χ0n) is 11.3. The first-order chi connectivity index (χ1) is 9.56. The summed E-state index contributed by atoms with van der Waals surface area (Å²) in [6.45, 7) is 0. The molecule has 2 saturated carbocycles. The topological polar surface area (TPSA) is 57.6 Å². The van der Waals surface area contributed by atoms with E-state index >= 15 is 0 Å². The van der Waals surface area contributed by atoms with Crippen LogP contribution >= 0.6 is 0 Å². The van der Waals surface area contributed by atoms with Crippen molar-refractivity contribution in [2.75, 3.05) is 7.05 Å². The highest BCUT2D eigenvalue weighted by atomic mass is 16.3. The van der Waals surface area contributed by atoms with Gasteiger partial charge in [-0.3, -0.25) is 14.5 Å². The first kappa shape index (κ1) is 12.1. The van der Waals surface area contributed by atoms with Crippen molar-refractivity contribution in [2.45, 2.75) is 18.4 Å². The summed E-state index contributed by atoms with van der Waals surface area (Å²) in [6, 6.07) is 9.53. The Morgan fingerprint density at radius 1 is 1.05 bits per heavy atom. The van der Waals surface area contributed by atoms with Gasteiger partial charge in [0.1, 0.15) is 0 Å². The fourth-order valence-electron chi connectivity index (χ4n) is 4.82. The summed E-state index contributed by atoms with van der Waals surface area (Å²) in [5, 5.41) is 11.3. The van der Waals surface area contributed by atoms with Gasteiger partial charge >= 0.3 is 0 Å². The molecule has 0 spiro atoms. The van der Waals surface area contributed by atoms with Crippen LogP contribution < -0.4 is 0 Å². The minimum absolute atomic E-state index is 0.110. The highest BCUT2D eigenvalue weighted by Gasteiger charge is 2.71. The van der Waals surface area contributed by atoms with Gasteiger partial charge in [0.2, 0.25) is 11.8 Å². The Morgan fingerprint density at radius 3 is 2.05 bits per heavy atom. The van der Waals surface area contributed by atoms with Gasteiger partial charge in [-0.15, -0.1) is 0 Å². The van der Waals surface area contributed by atoms with Gasteiger partial charge in [-0.25, -0.2) is 0 Å². The molecule has 20 heavy (non-hydrogen) atoms. The van der Waals surface area contributed by atoms with E-state index in [1.54, 1.807) is 7.05 Å². The summed E-state index contributed by atoms with van der Waals surface area (Å²) < 4.78 is 0. The van der Waals surface area contributed by atoms with Crippen LogP contribution in [0.5, 0.6) is 0 Å². The van der Waals surface area contributed by atoms with Gasteiger partial charge in [0, 0.05) is 18.9 Å². The number of rotatable bonds is 1. The minimum atomic E-state index is -1.01. The molecule has 3 aliphatic rings. The van der Waals surface area contributed by atoms with E-state index in [-0.39, 0.29) is 35.5 Å². The Kier molecular flexibility index (Phi) is 2.24. The Morgan fingerprint density at radius 2 is 1.55 bits per heavy atom. The zero-order valence-corrected chi connectivity index (χ0v) is 11.3. The van der Waals surface area contributed by atoms with Crippen LogP contribution in [0.15, 0.2) is 30.3 Å². The van der Waals surface area contributed by atoms with E-state index in [1.807, 2.05) is 30.3 Å². The van der Waals surface area contributed by atoms with Crippen molar-refractivity contribution >= 4 is 11.8 Å². The van der Waals surface area contributed by atoms with Crippen LogP contribution in [0.3, 0.4) is 0 Å². The third-order valence-electron chi connectivity index (χ3n) is 5.64. The number of fused-ring (bicyclic) bond motifs is 5. The number of aliphatic hydroxyl groups is 1. The summed E-state index contributed by atoms with van der Waals surface area (Å²) >= 11 is 0. The monoisotopic (exact) mass is 271 g/mol. The first-order valence-electron chi connectivity index (χ1n) is 7.16. The Hall–Kier alpha value is -1.68. The molecule has 2 bridgehead atoms. The molecule has 1 aromatic rings. The van der Waals surface area contributed by atoms with Gasteiger partial charge in [0.05, 0.1) is 17.4 Å². The highest BCUT2D eigenvalue weighted by Crippen LogP contribution is 2.64. The van der Waals surface area contributed by atoms with Gasteiger partial charge < -0.3 is 5.11 Å². The van der Waals surface area contributed by atoms with Crippen LogP contribution in [0.25, 0.3) is 0 Å². The lowest BCUT2D eigenvalue weighted by Crippen LogP contribution is -2.38. The van der Waals surface area contributed by atoms with Gasteiger partial charge in [-0.2, -0.15) is 0 Å². The molecule has 1 heterocycles. The number of imide groups is 1. The molecule has 1 saturated heterocycles. The fourth-order valence-corrected chi connectivity index (χ4v) is 4.82. The lowest BCUT2D eigenvalue weighted by Gasteiger charge is -2.31. The van der Waals surface area contributed by atoms with Crippen LogP contribution in [0.1, 0.15) is 18.4 Å². The number of nitrogens with zero attached hydrogens (tertiary/aromatic N) is 1. The molecule has 1 aromatic carbocycles. The second kappa shape index (κ2) is 3.70. The van der Waals surface area contributed by atoms with E-state index < -0.39 is 5.60 Å². The first-order valence-corrected chi connectivity index (χ1v) is 7.16. The molecular formula is C16H17NO3. The molecule has 1 aliphatic heterocycles. The molecule has 4 rings (SSSR count). The Balaban J connectivity index is 1.84. The Bertz CT molecular complexity index is 567. The molecule has 4 nitrogen and oxygen atoms in total.